The van der Waals surface area contributed by atoms with E-state index in [4.69, 9.17) is 0 Å². The van der Waals surface area contributed by atoms with Gasteiger partial charge in [-0.3, -0.25) is 10.1 Å². The second kappa shape index (κ2) is 4.19. The molecular weight excluding hydrogens is 274 g/mol. The van der Waals surface area contributed by atoms with Crippen LogP contribution in [0.2, 0.25) is 0 Å². The van der Waals surface area contributed by atoms with E-state index < -0.39 is 17.3 Å². The Morgan fingerprint density at radius 2 is 2.15 bits per heavy atom. The fourth-order valence-electron chi connectivity index (χ4n) is 2.02. The van der Waals surface area contributed by atoms with Gasteiger partial charge >= 0.3 is 6.29 Å². The van der Waals surface area contributed by atoms with E-state index in [9.17, 15) is 18.9 Å². The van der Waals surface area contributed by atoms with E-state index in [2.05, 4.69) is 14.8 Å². The van der Waals surface area contributed by atoms with Gasteiger partial charge in [-0.25, -0.2) is 0 Å². The molecule has 0 saturated heterocycles. The average Bonchev–Trinajstić information content (AvgIpc) is 2.72. The van der Waals surface area contributed by atoms with Gasteiger partial charge in [0.1, 0.15) is 0 Å². The summed E-state index contributed by atoms with van der Waals surface area (Å²) < 4.78 is 35.0. The molecule has 0 spiro atoms. The number of hydrogen-bond acceptors (Lipinski definition) is 5. The fraction of sp³-hybridized carbons (Fsp3) is 0.167. The van der Waals surface area contributed by atoms with Crippen LogP contribution in [0.1, 0.15) is 11.6 Å². The van der Waals surface area contributed by atoms with Crippen LogP contribution in [-0.2, 0) is 0 Å². The minimum absolute atomic E-state index is 0.0632. The van der Waals surface area contributed by atoms with E-state index in [-0.39, 0.29) is 17.2 Å². The van der Waals surface area contributed by atoms with Gasteiger partial charge in [-0.1, -0.05) is 18.2 Å². The summed E-state index contributed by atoms with van der Waals surface area (Å²) in [5, 5.41) is 13.3. The molecule has 1 unspecified atom stereocenters. The van der Waals surface area contributed by atoms with Crippen molar-refractivity contribution in [1.82, 2.24) is 5.32 Å². The number of benzene rings is 1. The molecule has 1 aromatic carbocycles. The number of rotatable bonds is 2. The number of nitrogens with one attached hydrogen (secondary N) is 1. The molecule has 1 atom stereocenters. The van der Waals surface area contributed by atoms with Crippen LogP contribution in [0.5, 0.6) is 11.5 Å². The van der Waals surface area contributed by atoms with Gasteiger partial charge in [0.05, 0.1) is 17.2 Å². The van der Waals surface area contributed by atoms with E-state index >= 15 is 0 Å². The molecule has 2 heterocycles. The Labute approximate surface area is 111 Å². The Morgan fingerprint density at radius 3 is 2.80 bits per heavy atom. The molecule has 1 N–H and O–H groups in total. The number of ether oxygens (including phenoxy) is 2. The Bertz CT molecular complexity index is 642. The zero-order chi connectivity index (χ0) is 14.3. The highest BCUT2D eigenvalue weighted by molar-refractivity contribution is 5.51. The zero-order valence-corrected chi connectivity index (χ0v) is 9.88. The lowest BCUT2D eigenvalue weighted by Gasteiger charge is -2.17. The summed E-state index contributed by atoms with van der Waals surface area (Å²) >= 11 is 0. The van der Waals surface area contributed by atoms with Gasteiger partial charge in [-0.15, -0.1) is 8.78 Å². The van der Waals surface area contributed by atoms with Crippen LogP contribution in [-0.4, -0.2) is 11.2 Å². The third-order valence-corrected chi connectivity index (χ3v) is 2.88. The molecule has 0 amide bonds. The maximum atomic E-state index is 13.1. The highest BCUT2D eigenvalue weighted by Crippen LogP contribution is 2.45. The van der Waals surface area contributed by atoms with E-state index in [0.29, 0.717) is 5.56 Å². The fourth-order valence-corrected chi connectivity index (χ4v) is 2.02. The van der Waals surface area contributed by atoms with Crippen molar-refractivity contribution in [2.45, 2.75) is 12.3 Å². The zero-order valence-electron chi connectivity index (χ0n) is 9.88. The lowest BCUT2D eigenvalue weighted by atomic mass is 10.0. The van der Waals surface area contributed by atoms with E-state index in [0.717, 1.165) is 0 Å². The van der Waals surface area contributed by atoms with Crippen LogP contribution in [0.4, 0.5) is 8.78 Å². The summed E-state index contributed by atoms with van der Waals surface area (Å²) in [5.74, 6) is -0.135. The topological polar surface area (TPSA) is 73.6 Å². The molecule has 104 valence electrons. The number of fused-ring (bicyclic) bond motifs is 1. The summed E-state index contributed by atoms with van der Waals surface area (Å²) in [6, 6.07) is 3.98. The number of para-hydroxylation sites is 1. The molecule has 0 aliphatic carbocycles. The first-order valence-corrected chi connectivity index (χ1v) is 5.64. The Balaban J connectivity index is 1.90. The molecule has 3 rings (SSSR count). The highest BCUT2D eigenvalue weighted by Gasteiger charge is 2.45. The molecule has 0 bridgehead atoms. The quantitative estimate of drug-likeness (QED) is 0.665. The van der Waals surface area contributed by atoms with Gasteiger partial charge in [0.15, 0.2) is 11.5 Å². The molecule has 6 nitrogen and oxygen atoms in total. The van der Waals surface area contributed by atoms with Crippen molar-refractivity contribution < 1.29 is 23.2 Å². The van der Waals surface area contributed by atoms with E-state index in [1.807, 2.05) is 0 Å². The Morgan fingerprint density at radius 1 is 1.35 bits per heavy atom. The summed E-state index contributed by atoms with van der Waals surface area (Å²) in [4.78, 5) is 10.0. The highest BCUT2D eigenvalue weighted by atomic mass is 19.3. The summed E-state index contributed by atoms with van der Waals surface area (Å²) in [6.45, 7) is 0. The lowest BCUT2D eigenvalue weighted by molar-refractivity contribution is -0.419. The average molecular weight is 282 g/mol. The first-order chi connectivity index (χ1) is 9.46. The molecular formula is C12H8F2N2O4. The first-order valence-electron chi connectivity index (χ1n) is 5.64. The Hall–Kier alpha value is -2.64. The van der Waals surface area contributed by atoms with Gasteiger partial charge in [0.2, 0.25) is 0 Å². The van der Waals surface area contributed by atoms with Gasteiger partial charge in [-0.2, -0.15) is 0 Å². The van der Waals surface area contributed by atoms with Gasteiger partial charge in [-0.05, 0) is 6.07 Å². The molecule has 0 aromatic heterocycles. The standard InChI is InChI=1S/C12H8F2N2O4/c13-12(14)19-10-3-1-2-8(11(10)20-12)9-5-4-7(6-15-9)16(17)18/h1-6,9,15H. The van der Waals surface area contributed by atoms with Crippen molar-refractivity contribution >= 4 is 0 Å². The molecule has 2 aliphatic rings. The summed E-state index contributed by atoms with van der Waals surface area (Å²) in [5.41, 5.74) is 0.297. The third kappa shape index (κ3) is 2.04. The number of nitro groups is 1. The van der Waals surface area contributed by atoms with Crippen molar-refractivity contribution in [2.24, 2.45) is 0 Å². The van der Waals surface area contributed by atoms with Crippen LogP contribution in [0.3, 0.4) is 0 Å². The Kier molecular flexibility index (Phi) is 2.60. The third-order valence-electron chi connectivity index (χ3n) is 2.88. The van der Waals surface area contributed by atoms with Gasteiger partial charge in [0, 0.05) is 11.6 Å². The van der Waals surface area contributed by atoms with Crippen LogP contribution in [0.15, 0.2) is 42.2 Å². The minimum Gasteiger partial charge on any atom is -0.395 e. The van der Waals surface area contributed by atoms with Gasteiger partial charge < -0.3 is 14.8 Å². The second-order valence-electron chi connectivity index (χ2n) is 4.17. The molecule has 0 fully saturated rings. The van der Waals surface area contributed by atoms with Crippen molar-refractivity contribution in [1.29, 1.82) is 0 Å². The summed E-state index contributed by atoms with van der Waals surface area (Å²) in [7, 11) is 0. The predicted molar refractivity (Wildman–Crippen MR) is 62.7 cm³/mol. The molecule has 0 radical (unpaired) electrons. The number of hydrogen-bond donors (Lipinski definition) is 1. The van der Waals surface area contributed by atoms with Gasteiger partial charge in [0.25, 0.3) is 5.70 Å². The second-order valence-corrected chi connectivity index (χ2v) is 4.17. The number of alkyl halides is 2. The number of nitrogens with zero attached hydrogens (tertiary/aromatic N) is 1. The van der Waals surface area contributed by atoms with Crippen LogP contribution in [0.25, 0.3) is 0 Å². The maximum Gasteiger partial charge on any atom is 0.586 e. The van der Waals surface area contributed by atoms with Crippen molar-refractivity contribution in [3.63, 3.8) is 0 Å². The SMILES string of the molecule is O=[N+]([O-])C1=CNC(c2cccc3c2OC(F)(F)O3)C=C1. The predicted octanol–water partition coefficient (Wildman–Crippen LogP) is 2.33. The molecule has 8 heteroatoms. The van der Waals surface area contributed by atoms with E-state index in [1.165, 1.54) is 24.4 Å². The maximum absolute atomic E-state index is 13.1. The summed E-state index contributed by atoms with van der Waals surface area (Å²) in [6.07, 6.45) is 0.304. The van der Waals surface area contributed by atoms with Crippen LogP contribution in [0, 0.1) is 10.1 Å². The first kappa shape index (κ1) is 12.4. The monoisotopic (exact) mass is 282 g/mol. The van der Waals surface area contributed by atoms with Crippen molar-refractivity contribution in [3.8, 4) is 11.5 Å². The minimum atomic E-state index is -3.70. The van der Waals surface area contributed by atoms with E-state index in [1.54, 1.807) is 12.1 Å². The smallest absolute Gasteiger partial charge is 0.395 e. The van der Waals surface area contributed by atoms with Crippen molar-refractivity contribution in [2.75, 3.05) is 0 Å². The number of dihydropyridines is 1. The normalized spacial score (nSPS) is 22.1. The molecule has 20 heavy (non-hydrogen) atoms. The molecule has 0 saturated carbocycles. The number of allylic oxidation sites excluding steroid dienone is 1. The van der Waals surface area contributed by atoms with Crippen LogP contribution >= 0.6 is 0 Å². The molecule has 1 aromatic rings. The largest absolute Gasteiger partial charge is 0.586 e. The van der Waals surface area contributed by atoms with Crippen LogP contribution < -0.4 is 14.8 Å². The molecule has 2 aliphatic heterocycles. The number of halogens is 2. The lowest BCUT2D eigenvalue weighted by Crippen LogP contribution is -2.26. The van der Waals surface area contributed by atoms with Crippen molar-refractivity contribution in [3.05, 3.63) is 57.9 Å².